The summed E-state index contributed by atoms with van der Waals surface area (Å²) < 4.78 is 7.53. The molecule has 30 heavy (non-hydrogen) atoms. The van der Waals surface area contributed by atoms with E-state index in [1.165, 1.54) is 12.8 Å². The van der Waals surface area contributed by atoms with E-state index in [0.29, 0.717) is 11.4 Å². The summed E-state index contributed by atoms with van der Waals surface area (Å²) in [4.78, 5) is 12.7. The quantitative estimate of drug-likeness (QED) is 0.645. The number of hydrogen-bond donors (Lipinski definition) is 2. The number of para-hydroxylation sites is 2. The number of nitrogens with one attached hydrogen (secondary N) is 2. The van der Waals surface area contributed by atoms with Crippen molar-refractivity contribution in [3.63, 3.8) is 0 Å². The number of nitrogens with zero attached hydrogens (tertiary/aromatic N) is 3. The first kappa shape index (κ1) is 19.9. The number of amides is 1. The lowest BCUT2D eigenvalue weighted by molar-refractivity contribution is -0.116. The Balaban J connectivity index is 1.48. The molecular weight excluding hydrogens is 378 g/mol. The van der Waals surface area contributed by atoms with Crippen LogP contribution < -0.4 is 15.4 Å². The molecule has 1 aliphatic heterocycles. The molecule has 0 saturated heterocycles. The van der Waals surface area contributed by atoms with Crippen LogP contribution in [0, 0.1) is 0 Å². The van der Waals surface area contributed by atoms with E-state index in [0.717, 1.165) is 42.3 Å². The number of ether oxygens (including phenoxy) is 1. The number of rotatable bonds is 6. The van der Waals surface area contributed by atoms with E-state index in [1.807, 2.05) is 55.5 Å². The van der Waals surface area contributed by atoms with Gasteiger partial charge in [-0.25, -0.2) is 0 Å². The second-order valence-electron chi connectivity index (χ2n) is 7.54. The van der Waals surface area contributed by atoms with Gasteiger partial charge in [0.15, 0.2) is 5.82 Å². The zero-order chi connectivity index (χ0) is 20.9. The van der Waals surface area contributed by atoms with Crippen LogP contribution in [0.15, 0.2) is 48.5 Å². The number of anilines is 2. The first-order valence-electron chi connectivity index (χ1n) is 10.4. The van der Waals surface area contributed by atoms with Crippen LogP contribution in [0.2, 0.25) is 0 Å². The fraction of sp³-hybridized carbons (Fsp3) is 0.348. The highest BCUT2D eigenvalue weighted by atomic mass is 16.5. The summed E-state index contributed by atoms with van der Waals surface area (Å²) in [5, 5.41) is 15.0. The molecule has 7 nitrogen and oxygen atoms in total. The van der Waals surface area contributed by atoms with Crippen LogP contribution in [0.1, 0.15) is 32.0 Å². The molecule has 0 unspecified atom stereocenters. The van der Waals surface area contributed by atoms with Crippen molar-refractivity contribution in [2.24, 2.45) is 0 Å². The molecule has 0 fully saturated rings. The minimum atomic E-state index is -0.430. The predicted molar refractivity (Wildman–Crippen MR) is 118 cm³/mol. The summed E-state index contributed by atoms with van der Waals surface area (Å²) in [6, 6.07) is 14.9. The molecule has 1 aliphatic rings. The third-order valence-corrected chi connectivity index (χ3v) is 5.37. The van der Waals surface area contributed by atoms with Crippen LogP contribution in [0.3, 0.4) is 0 Å². The summed E-state index contributed by atoms with van der Waals surface area (Å²) in [6.07, 6.45) is 4.52. The van der Waals surface area contributed by atoms with Gasteiger partial charge >= 0.3 is 0 Å². The number of carbonyl (C=O) groups excluding carboxylic acids is 1. The van der Waals surface area contributed by atoms with Crippen molar-refractivity contribution in [2.75, 3.05) is 17.7 Å². The fourth-order valence-corrected chi connectivity index (χ4v) is 3.75. The molecule has 4 rings (SSSR count). The first-order valence-corrected chi connectivity index (χ1v) is 10.4. The highest BCUT2D eigenvalue weighted by molar-refractivity contribution is 5.97. The Labute approximate surface area is 176 Å². The van der Waals surface area contributed by atoms with Crippen LogP contribution in [-0.2, 0) is 17.8 Å². The van der Waals surface area contributed by atoms with E-state index in [9.17, 15) is 4.79 Å². The monoisotopic (exact) mass is 405 g/mol. The number of benzene rings is 2. The van der Waals surface area contributed by atoms with Gasteiger partial charge in [-0.2, -0.15) is 0 Å². The molecule has 0 radical (unpaired) electrons. The van der Waals surface area contributed by atoms with Crippen LogP contribution in [0.25, 0.3) is 11.4 Å². The molecule has 156 valence electrons. The Morgan fingerprint density at radius 3 is 2.83 bits per heavy atom. The van der Waals surface area contributed by atoms with Crippen molar-refractivity contribution >= 4 is 17.3 Å². The average molecular weight is 406 g/mol. The van der Waals surface area contributed by atoms with Crippen LogP contribution in [0.4, 0.5) is 11.4 Å². The third kappa shape index (κ3) is 4.30. The molecule has 0 saturated carbocycles. The Morgan fingerprint density at radius 1 is 1.10 bits per heavy atom. The van der Waals surface area contributed by atoms with Gasteiger partial charge in [-0.05, 0) is 44.0 Å². The van der Waals surface area contributed by atoms with Crippen molar-refractivity contribution in [3.8, 4) is 17.1 Å². The van der Waals surface area contributed by atoms with Crippen LogP contribution in [0.5, 0.6) is 5.75 Å². The number of hydrogen-bond acceptors (Lipinski definition) is 5. The minimum Gasteiger partial charge on any atom is -0.495 e. The number of aromatic nitrogens is 3. The maximum atomic E-state index is 12.7. The van der Waals surface area contributed by atoms with Gasteiger partial charge in [0, 0.05) is 24.2 Å². The van der Waals surface area contributed by atoms with E-state index < -0.39 is 6.04 Å². The topological polar surface area (TPSA) is 81.1 Å². The Morgan fingerprint density at radius 2 is 1.97 bits per heavy atom. The molecule has 7 heteroatoms. The van der Waals surface area contributed by atoms with Crippen molar-refractivity contribution in [3.05, 3.63) is 54.4 Å². The van der Waals surface area contributed by atoms with Gasteiger partial charge in [-0.1, -0.05) is 30.7 Å². The van der Waals surface area contributed by atoms with E-state index in [4.69, 9.17) is 4.74 Å². The zero-order valence-electron chi connectivity index (χ0n) is 17.4. The van der Waals surface area contributed by atoms with Gasteiger partial charge in [0.05, 0.1) is 12.8 Å². The summed E-state index contributed by atoms with van der Waals surface area (Å²) in [7, 11) is 1.59. The fourth-order valence-electron chi connectivity index (χ4n) is 3.75. The Bertz CT molecular complexity index is 1030. The number of aryl methyl sites for hydroxylation is 1. The standard InChI is InChI=1S/C23H27N5O2/c1-16(23(29)25-19-11-5-6-12-20(19)30-2)24-18-10-8-9-17(15-18)22-27-26-21-13-4-3-7-14-28(21)22/h5-6,8-12,15-16,24H,3-4,7,13-14H2,1-2H3,(H,25,29)/t16-/m0/s1. The lowest BCUT2D eigenvalue weighted by Crippen LogP contribution is -2.32. The lowest BCUT2D eigenvalue weighted by Gasteiger charge is -2.17. The summed E-state index contributed by atoms with van der Waals surface area (Å²) >= 11 is 0. The van der Waals surface area contributed by atoms with Crippen LogP contribution >= 0.6 is 0 Å². The molecule has 3 aromatic rings. The highest BCUT2D eigenvalue weighted by Crippen LogP contribution is 2.26. The molecule has 2 aromatic carbocycles. The maximum Gasteiger partial charge on any atom is 0.246 e. The number of carbonyl (C=O) groups is 1. The summed E-state index contributed by atoms with van der Waals surface area (Å²) in [5.74, 6) is 2.45. The molecule has 1 aromatic heterocycles. The van der Waals surface area contributed by atoms with E-state index in [-0.39, 0.29) is 5.91 Å². The third-order valence-electron chi connectivity index (χ3n) is 5.37. The van der Waals surface area contributed by atoms with Crippen molar-refractivity contribution in [1.29, 1.82) is 0 Å². The van der Waals surface area contributed by atoms with Gasteiger partial charge in [0.25, 0.3) is 0 Å². The molecule has 2 heterocycles. The van der Waals surface area contributed by atoms with Gasteiger partial charge in [0.2, 0.25) is 5.91 Å². The van der Waals surface area contributed by atoms with Gasteiger partial charge in [-0.15, -0.1) is 10.2 Å². The smallest absolute Gasteiger partial charge is 0.246 e. The average Bonchev–Trinajstić information content (AvgIpc) is 3.02. The molecule has 0 aliphatic carbocycles. The molecule has 0 spiro atoms. The Kier molecular flexibility index (Phi) is 5.97. The van der Waals surface area contributed by atoms with Crippen LogP contribution in [-0.4, -0.2) is 33.8 Å². The number of methoxy groups -OCH3 is 1. The SMILES string of the molecule is COc1ccccc1NC(=O)[C@H](C)Nc1cccc(-c2nnc3n2CCCCC3)c1. The highest BCUT2D eigenvalue weighted by Gasteiger charge is 2.18. The normalized spacial score (nSPS) is 14.3. The Hall–Kier alpha value is -3.35. The van der Waals surface area contributed by atoms with Crippen molar-refractivity contribution < 1.29 is 9.53 Å². The van der Waals surface area contributed by atoms with Crippen molar-refractivity contribution in [2.45, 2.75) is 45.2 Å². The van der Waals surface area contributed by atoms with Crippen molar-refractivity contribution in [1.82, 2.24) is 14.8 Å². The van der Waals surface area contributed by atoms with Gasteiger partial charge in [-0.3, -0.25) is 4.79 Å². The second-order valence-corrected chi connectivity index (χ2v) is 7.54. The summed E-state index contributed by atoms with van der Waals surface area (Å²) in [5.41, 5.74) is 2.51. The molecule has 1 atom stereocenters. The first-order chi connectivity index (χ1) is 14.7. The molecule has 0 bridgehead atoms. The van der Waals surface area contributed by atoms with Gasteiger partial charge < -0.3 is 19.9 Å². The second kappa shape index (κ2) is 8.98. The summed E-state index contributed by atoms with van der Waals surface area (Å²) in [6.45, 7) is 2.79. The largest absolute Gasteiger partial charge is 0.495 e. The minimum absolute atomic E-state index is 0.138. The molecule has 1 amide bonds. The molecular formula is C23H27N5O2. The number of fused-ring (bicyclic) bond motifs is 1. The molecule has 2 N–H and O–H groups in total. The predicted octanol–water partition coefficient (Wildman–Crippen LogP) is 4.12. The van der Waals surface area contributed by atoms with E-state index in [2.05, 4.69) is 25.4 Å². The lowest BCUT2D eigenvalue weighted by atomic mass is 10.1. The van der Waals surface area contributed by atoms with E-state index in [1.54, 1.807) is 7.11 Å². The zero-order valence-corrected chi connectivity index (χ0v) is 17.4. The van der Waals surface area contributed by atoms with Gasteiger partial charge in [0.1, 0.15) is 17.6 Å². The maximum absolute atomic E-state index is 12.7. The van der Waals surface area contributed by atoms with E-state index >= 15 is 0 Å².